The third kappa shape index (κ3) is 5.32. The first-order valence-corrected chi connectivity index (χ1v) is 13.9. The first kappa shape index (κ1) is 26.4. The van der Waals surface area contributed by atoms with E-state index in [0.717, 1.165) is 55.4 Å². The topological polar surface area (TPSA) is 51.3 Å². The van der Waals surface area contributed by atoms with Crippen LogP contribution in [-0.4, -0.2) is 21.3 Å². The summed E-state index contributed by atoms with van der Waals surface area (Å²) < 4.78 is 4.45. The number of nitrogens with zero attached hydrogens (tertiary/aromatic N) is 3. The van der Waals surface area contributed by atoms with E-state index in [0.29, 0.717) is 12.1 Å². The molecule has 0 radical (unpaired) electrons. The molecule has 0 spiro atoms. The van der Waals surface area contributed by atoms with Gasteiger partial charge in [0.25, 0.3) is 5.91 Å². The molecule has 2 aromatic heterocycles. The number of fused-ring (bicyclic) bond motifs is 1. The van der Waals surface area contributed by atoms with Gasteiger partial charge >= 0.3 is 0 Å². The van der Waals surface area contributed by atoms with E-state index in [9.17, 15) is 4.79 Å². The lowest BCUT2D eigenvalue weighted by atomic mass is 10.1. The highest BCUT2D eigenvalue weighted by atomic mass is 35.5. The average Bonchev–Trinajstić information content (AvgIpc) is 3.52. The molecule has 0 fully saturated rings. The number of rotatable bonds is 7. The summed E-state index contributed by atoms with van der Waals surface area (Å²) in [5, 5.41) is 6.14. The van der Waals surface area contributed by atoms with E-state index in [1.165, 1.54) is 0 Å². The fraction of sp³-hybridized carbons (Fsp3) is 0.0857. The molecule has 6 heteroatoms. The number of hydrogen-bond donors (Lipinski definition) is 1. The molecule has 0 atom stereocenters. The van der Waals surface area contributed by atoms with Crippen molar-refractivity contribution in [2.45, 2.75) is 20.4 Å². The number of nitrogens with one attached hydrogen (secondary N) is 1. The van der Waals surface area contributed by atoms with Crippen molar-refractivity contribution in [3.05, 3.63) is 148 Å². The quantitative estimate of drug-likeness (QED) is 0.156. The largest absolute Gasteiger partial charge is 0.340 e. The number of aryl methyl sites for hydroxylation is 1. The Hall–Kier alpha value is -4.87. The van der Waals surface area contributed by atoms with Crippen LogP contribution >= 0.6 is 11.6 Å². The van der Waals surface area contributed by atoms with E-state index in [2.05, 4.69) is 69.9 Å². The lowest BCUT2D eigenvalue weighted by molar-refractivity contribution is 0.0955. The Labute approximate surface area is 244 Å². The maximum atomic E-state index is 13.0. The molecule has 4 aromatic carbocycles. The highest BCUT2D eigenvalue weighted by molar-refractivity contribution is 6.30. The minimum atomic E-state index is -0.261. The Morgan fingerprint density at radius 3 is 2.29 bits per heavy atom. The Morgan fingerprint density at radius 2 is 1.54 bits per heavy atom. The van der Waals surface area contributed by atoms with Gasteiger partial charge in [0, 0.05) is 50.7 Å². The third-order valence-corrected chi connectivity index (χ3v) is 7.68. The number of aromatic nitrogens is 2. The molecule has 0 aliphatic carbocycles. The Bertz CT molecular complexity index is 1860. The zero-order chi connectivity index (χ0) is 28.3. The van der Waals surface area contributed by atoms with Gasteiger partial charge in [-0.3, -0.25) is 4.79 Å². The summed E-state index contributed by atoms with van der Waals surface area (Å²) >= 11 is 6.08. The van der Waals surface area contributed by atoms with Crippen molar-refractivity contribution < 1.29 is 4.79 Å². The Morgan fingerprint density at radius 1 is 0.829 bits per heavy atom. The summed E-state index contributed by atoms with van der Waals surface area (Å²) in [6, 6.07) is 38.2. The van der Waals surface area contributed by atoms with Gasteiger partial charge in [-0.05, 0) is 79.6 Å². The maximum Gasteiger partial charge on any atom is 0.271 e. The van der Waals surface area contributed by atoms with Gasteiger partial charge < -0.3 is 9.13 Å². The Balaban J connectivity index is 1.21. The molecule has 6 rings (SSSR count). The van der Waals surface area contributed by atoms with Crippen LogP contribution in [0.25, 0.3) is 27.8 Å². The van der Waals surface area contributed by atoms with E-state index < -0.39 is 0 Å². The van der Waals surface area contributed by atoms with E-state index >= 15 is 0 Å². The third-order valence-electron chi connectivity index (χ3n) is 7.43. The predicted molar refractivity (Wildman–Crippen MR) is 168 cm³/mol. The number of benzene rings is 4. The molecule has 41 heavy (non-hydrogen) atoms. The van der Waals surface area contributed by atoms with Gasteiger partial charge in [0.2, 0.25) is 0 Å². The monoisotopic (exact) mass is 556 g/mol. The molecule has 202 valence electrons. The van der Waals surface area contributed by atoms with Crippen LogP contribution in [0.4, 0.5) is 0 Å². The van der Waals surface area contributed by atoms with Crippen LogP contribution in [0.3, 0.4) is 0 Å². The lowest BCUT2D eigenvalue weighted by Gasteiger charge is -2.12. The molecule has 0 bridgehead atoms. The first-order chi connectivity index (χ1) is 20.0. The Kier molecular flexibility index (Phi) is 7.28. The summed E-state index contributed by atoms with van der Waals surface area (Å²) in [6.45, 7) is 4.86. The van der Waals surface area contributed by atoms with Gasteiger partial charge in [-0.1, -0.05) is 72.3 Å². The van der Waals surface area contributed by atoms with Gasteiger partial charge in [-0.15, -0.1) is 0 Å². The number of halogens is 1. The lowest BCUT2D eigenvalue weighted by Crippen LogP contribution is -2.17. The van der Waals surface area contributed by atoms with Crippen molar-refractivity contribution in [3.63, 3.8) is 0 Å². The average molecular weight is 557 g/mol. The minimum Gasteiger partial charge on any atom is -0.340 e. The second-order valence-electron chi connectivity index (χ2n) is 10.0. The van der Waals surface area contributed by atoms with Crippen molar-refractivity contribution in [1.82, 2.24) is 14.6 Å². The first-order valence-electron chi connectivity index (χ1n) is 13.5. The molecule has 1 amide bonds. The maximum absolute atomic E-state index is 13.0. The SMILES string of the molecule is Cc1ccc(-c2ccccc2)n1-c1ccc(C(=O)N/N=C/c2c(C)n(Cc3ccc(Cl)cc3)c3ccccc23)cc1. The second kappa shape index (κ2) is 11.3. The summed E-state index contributed by atoms with van der Waals surface area (Å²) in [6.07, 6.45) is 1.73. The van der Waals surface area contributed by atoms with Crippen molar-refractivity contribution in [2.75, 3.05) is 0 Å². The van der Waals surface area contributed by atoms with Crippen molar-refractivity contribution in [3.8, 4) is 16.9 Å². The van der Waals surface area contributed by atoms with E-state index in [1.54, 1.807) is 6.21 Å². The predicted octanol–water partition coefficient (Wildman–Crippen LogP) is 8.18. The number of carbonyl (C=O) groups is 1. The molecule has 0 aliphatic heterocycles. The molecule has 2 heterocycles. The van der Waals surface area contributed by atoms with Crippen molar-refractivity contribution in [1.29, 1.82) is 0 Å². The van der Waals surface area contributed by atoms with Crippen LogP contribution in [0.15, 0.2) is 120 Å². The van der Waals surface area contributed by atoms with Crippen LogP contribution in [0.2, 0.25) is 5.02 Å². The van der Waals surface area contributed by atoms with Crippen LogP contribution in [0, 0.1) is 13.8 Å². The zero-order valence-electron chi connectivity index (χ0n) is 22.9. The summed E-state index contributed by atoms with van der Waals surface area (Å²) in [5.41, 5.74) is 11.9. The fourth-order valence-corrected chi connectivity index (χ4v) is 5.42. The summed E-state index contributed by atoms with van der Waals surface area (Å²) in [5.74, 6) is -0.261. The van der Waals surface area contributed by atoms with Gasteiger partial charge in [-0.2, -0.15) is 5.10 Å². The van der Waals surface area contributed by atoms with Crippen LogP contribution in [0.5, 0.6) is 0 Å². The normalized spacial score (nSPS) is 11.4. The smallest absolute Gasteiger partial charge is 0.271 e. The van der Waals surface area contributed by atoms with Crippen LogP contribution in [0.1, 0.15) is 32.9 Å². The van der Waals surface area contributed by atoms with Gasteiger partial charge in [0.1, 0.15) is 0 Å². The highest BCUT2D eigenvalue weighted by Gasteiger charge is 2.14. The van der Waals surface area contributed by atoms with Crippen LogP contribution in [-0.2, 0) is 6.54 Å². The minimum absolute atomic E-state index is 0.261. The summed E-state index contributed by atoms with van der Waals surface area (Å²) in [4.78, 5) is 13.0. The standard InChI is InChI=1S/C35H29ClN4O/c1-24-12-21-33(27-8-4-3-5-9-27)40(24)30-19-15-28(16-20-30)35(41)38-37-22-32-25(2)39(34-11-7-6-10-31(32)34)23-26-13-17-29(36)18-14-26/h3-22H,23H2,1-2H3,(H,38,41)/b37-22+. The van der Waals surface area contributed by atoms with E-state index in [1.807, 2.05) is 78.9 Å². The number of hydrazone groups is 1. The number of hydrogen-bond acceptors (Lipinski definition) is 2. The zero-order valence-corrected chi connectivity index (χ0v) is 23.6. The second-order valence-corrected chi connectivity index (χ2v) is 10.5. The van der Waals surface area contributed by atoms with Crippen LogP contribution < -0.4 is 5.43 Å². The van der Waals surface area contributed by atoms with Crippen molar-refractivity contribution >= 4 is 34.6 Å². The molecule has 0 saturated carbocycles. The van der Waals surface area contributed by atoms with E-state index in [4.69, 9.17) is 11.6 Å². The highest BCUT2D eigenvalue weighted by Crippen LogP contribution is 2.27. The number of carbonyl (C=O) groups excluding carboxylic acids is 1. The van der Waals surface area contributed by atoms with Gasteiger partial charge in [-0.25, -0.2) is 5.43 Å². The molecule has 0 aliphatic rings. The number of para-hydroxylation sites is 1. The molecular formula is C35H29ClN4O. The molecule has 0 saturated heterocycles. The van der Waals surface area contributed by atoms with E-state index in [-0.39, 0.29) is 5.91 Å². The number of amides is 1. The van der Waals surface area contributed by atoms with Gasteiger partial charge in [0.05, 0.1) is 11.9 Å². The molecular weight excluding hydrogens is 528 g/mol. The molecule has 0 unspecified atom stereocenters. The molecule has 1 N–H and O–H groups in total. The molecule has 6 aromatic rings. The summed E-state index contributed by atoms with van der Waals surface area (Å²) in [7, 11) is 0. The molecule has 5 nitrogen and oxygen atoms in total. The fourth-order valence-electron chi connectivity index (χ4n) is 5.29. The van der Waals surface area contributed by atoms with Crippen molar-refractivity contribution in [2.24, 2.45) is 5.10 Å². The van der Waals surface area contributed by atoms with Gasteiger partial charge in [0.15, 0.2) is 0 Å².